The highest BCUT2D eigenvalue weighted by atomic mass is 15.0. The third-order valence-corrected chi connectivity index (χ3v) is 10.1. The van der Waals surface area contributed by atoms with E-state index in [1.54, 1.807) is 0 Å². The van der Waals surface area contributed by atoms with E-state index in [1.807, 2.05) is 0 Å². The molecular weight excluding hydrogens is 605 g/mol. The molecule has 2 nitrogen and oxygen atoms in total. The molecule has 0 aliphatic heterocycles. The lowest BCUT2D eigenvalue weighted by Crippen LogP contribution is -2.00. The zero-order valence-corrected chi connectivity index (χ0v) is 27.4. The Balaban J connectivity index is 1.28. The summed E-state index contributed by atoms with van der Waals surface area (Å²) in [4.78, 5) is 0. The van der Waals surface area contributed by atoms with Crippen LogP contribution in [0.5, 0.6) is 0 Å². The summed E-state index contributed by atoms with van der Waals surface area (Å²) in [5.41, 5.74) is 14.3. The lowest BCUT2D eigenvalue weighted by atomic mass is 9.92. The fraction of sp³-hybridized carbons (Fsp3) is 0. The maximum Gasteiger partial charge on any atom is 0.0619 e. The molecule has 2 heterocycles. The molecule has 234 valence electrons. The van der Waals surface area contributed by atoms with E-state index in [-0.39, 0.29) is 0 Å². The highest BCUT2D eigenvalue weighted by molar-refractivity contribution is 6.15. The molecule has 10 rings (SSSR count). The SMILES string of the molecule is c1ccc(-c2cccc(-n3c4ccccc4c4cccc(-c5cccc(-n6c7ccccc7c7ccccc76)c5)c43)c2-c2ccccc2)cc1. The Kier molecular flexibility index (Phi) is 6.53. The molecule has 50 heavy (non-hydrogen) atoms. The molecule has 0 unspecified atom stereocenters. The fourth-order valence-electron chi connectivity index (χ4n) is 8.01. The summed E-state index contributed by atoms with van der Waals surface area (Å²) in [6, 6.07) is 70.4. The van der Waals surface area contributed by atoms with Gasteiger partial charge in [-0.3, -0.25) is 0 Å². The summed E-state index contributed by atoms with van der Waals surface area (Å²) < 4.78 is 4.91. The summed E-state index contributed by atoms with van der Waals surface area (Å²) in [6.45, 7) is 0. The summed E-state index contributed by atoms with van der Waals surface area (Å²) in [7, 11) is 0. The Labute approximate surface area is 290 Å². The lowest BCUT2D eigenvalue weighted by molar-refractivity contribution is 1.17. The van der Waals surface area contributed by atoms with Crippen LogP contribution in [0, 0.1) is 0 Å². The second-order valence-corrected chi connectivity index (χ2v) is 12.9. The van der Waals surface area contributed by atoms with E-state index in [1.165, 1.54) is 77.0 Å². The van der Waals surface area contributed by atoms with Gasteiger partial charge in [0.25, 0.3) is 0 Å². The first-order valence-electron chi connectivity index (χ1n) is 17.2. The zero-order chi connectivity index (χ0) is 33.0. The van der Waals surface area contributed by atoms with Gasteiger partial charge in [-0.05, 0) is 58.7 Å². The van der Waals surface area contributed by atoms with Crippen molar-refractivity contribution < 1.29 is 0 Å². The molecule has 2 aromatic heterocycles. The minimum Gasteiger partial charge on any atom is -0.309 e. The van der Waals surface area contributed by atoms with Crippen LogP contribution in [0.2, 0.25) is 0 Å². The molecule has 0 aliphatic rings. The molecule has 0 spiro atoms. The maximum absolute atomic E-state index is 2.50. The average molecular weight is 637 g/mol. The van der Waals surface area contributed by atoms with E-state index in [0.29, 0.717) is 0 Å². The molecule has 10 aromatic rings. The number of fused-ring (bicyclic) bond motifs is 6. The van der Waals surface area contributed by atoms with Crippen LogP contribution < -0.4 is 0 Å². The van der Waals surface area contributed by atoms with Crippen LogP contribution in [0.25, 0.3) is 88.4 Å². The van der Waals surface area contributed by atoms with Crippen molar-refractivity contribution >= 4 is 43.6 Å². The highest BCUT2D eigenvalue weighted by Crippen LogP contribution is 2.44. The van der Waals surface area contributed by atoms with E-state index in [2.05, 4.69) is 203 Å². The number of rotatable bonds is 5. The Morgan fingerprint density at radius 1 is 0.300 bits per heavy atom. The minimum atomic E-state index is 1.15. The molecule has 0 aliphatic carbocycles. The summed E-state index contributed by atoms with van der Waals surface area (Å²) in [6.07, 6.45) is 0. The van der Waals surface area contributed by atoms with Gasteiger partial charge in [-0.25, -0.2) is 0 Å². The predicted molar refractivity (Wildman–Crippen MR) is 211 cm³/mol. The van der Waals surface area contributed by atoms with Gasteiger partial charge in [0.05, 0.1) is 27.8 Å². The van der Waals surface area contributed by atoms with Crippen molar-refractivity contribution in [3.05, 3.63) is 194 Å². The Morgan fingerprint density at radius 3 is 1.46 bits per heavy atom. The Bertz CT molecular complexity index is 2800. The van der Waals surface area contributed by atoms with E-state index in [0.717, 1.165) is 11.4 Å². The van der Waals surface area contributed by atoms with Gasteiger partial charge < -0.3 is 9.13 Å². The second-order valence-electron chi connectivity index (χ2n) is 12.9. The van der Waals surface area contributed by atoms with Gasteiger partial charge in [0, 0.05) is 38.4 Å². The van der Waals surface area contributed by atoms with Crippen molar-refractivity contribution in [2.45, 2.75) is 0 Å². The van der Waals surface area contributed by atoms with Crippen molar-refractivity contribution in [1.82, 2.24) is 9.13 Å². The minimum absolute atomic E-state index is 1.15. The third kappa shape index (κ3) is 4.36. The quantitative estimate of drug-likeness (QED) is 0.178. The summed E-state index contributed by atoms with van der Waals surface area (Å²) >= 11 is 0. The number of hydrogen-bond donors (Lipinski definition) is 0. The van der Waals surface area contributed by atoms with Crippen molar-refractivity contribution in [1.29, 1.82) is 0 Å². The van der Waals surface area contributed by atoms with Crippen molar-refractivity contribution in [2.24, 2.45) is 0 Å². The third-order valence-electron chi connectivity index (χ3n) is 10.1. The molecule has 2 heteroatoms. The fourth-order valence-corrected chi connectivity index (χ4v) is 8.01. The van der Waals surface area contributed by atoms with Crippen LogP contribution in [-0.2, 0) is 0 Å². The average Bonchev–Trinajstić information content (AvgIpc) is 3.71. The summed E-state index contributed by atoms with van der Waals surface area (Å²) in [5, 5.41) is 5.02. The van der Waals surface area contributed by atoms with Crippen molar-refractivity contribution in [3.63, 3.8) is 0 Å². The number of para-hydroxylation sites is 4. The van der Waals surface area contributed by atoms with Crippen LogP contribution in [0.4, 0.5) is 0 Å². The molecule has 0 bridgehead atoms. The molecule has 0 amide bonds. The lowest BCUT2D eigenvalue weighted by Gasteiger charge is -2.19. The van der Waals surface area contributed by atoms with Crippen LogP contribution in [0.3, 0.4) is 0 Å². The number of nitrogens with zero attached hydrogens (tertiary/aromatic N) is 2. The molecule has 0 saturated carbocycles. The standard InChI is InChI=1S/C48H32N2/c1-3-16-33(17-4-1)37-25-15-31-46(47(37)34-18-5-2-6-19-34)50-45-30-12-9-24-41(45)42-27-14-26-38(48(42)50)35-20-13-21-36(32-35)49-43-28-10-7-22-39(43)40-23-8-11-29-44(40)49/h1-32H. The van der Waals surface area contributed by atoms with Gasteiger partial charge >= 0.3 is 0 Å². The number of benzene rings is 8. The van der Waals surface area contributed by atoms with Gasteiger partial charge in [0.15, 0.2) is 0 Å². The molecule has 0 radical (unpaired) electrons. The molecule has 0 N–H and O–H groups in total. The first-order chi connectivity index (χ1) is 24.8. The maximum atomic E-state index is 2.50. The number of aromatic nitrogens is 2. The van der Waals surface area contributed by atoms with Crippen LogP contribution in [0.15, 0.2) is 194 Å². The van der Waals surface area contributed by atoms with Gasteiger partial charge in [0.1, 0.15) is 0 Å². The van der Waals surface area contributed by atoms with Crippen molar-refractivity contribution in [2.75, 3.05) is 0 Å². The van der Waals surface area contributed by atoms with E-state index in [9.17, 15) is 0 Å². The number of hydrogen-bond acceptors (Lipinski definition) is 0. The highest BCUT2D eigenvalue weighted by Gasteiger charge is 2.21. The molecule has 8 aromatic carbocycles. The Morgan fingerprint density at radius 2 is 0.780 bits per heavy atom. The van der Waals surface area contributed by atoms with Crippen molar-refractivity contribution in [3.8, 4) is 44.8 Å². The van der Waals surface area contributed by atoms with Crippen LogP contribution in [-0.4, -0.2) is 9.13 Å². The monoisotopic (exact) mass is 636 g/mol. The molecule has 0 fully saturated rings. The van der Waals surface area contributed by atoms with E-state index in [4.69, 9.17) is 0 Å². The van der Waals surface area contributed by atoms with Crippen LogP contribution in [0.1, 0.15) is 0 Å². The summed E-state index contributed by atoms with van der Waals surface area (Å²) in [5.74, 6) is 0. The van der Waals surface area contributed by atoms with E-state index >= 15 is 0 Å². The second kappa shape index (κ2) is 11.5. The van der Waals surface area contributed by atoms with Gasteiger partial charge in [-0.2, -0.15) is 0 Å². The zero-order valence-electron chi connectivity index (χ0n) is 27.4. The molecular formula is C48H32N2. The Hall–Kier alpha value is -6.64. The van der Waals surface area contributed by atoms with Gasteiger partial charge in [-0.1, -0.05) is 158 Å². The van der Waals surface area contributed by atoms with Crippen LogP contribution >= 0.6 is 0 Å². The van der Waals surface area contributed by atoms with Gasteiger partial charge in [0.2, 0.25) is 0 Å². The first-order valence-corrected chi connectivity index (χ1v) is 17.2. The van der Waals surface area contributed by atoms with Gasteiger partial charge in [-0.15, -0.1) is 0 Å². The molecule has 0 atom stereocenters. The molecule has 0 saturated heterocycles. The topological polar surface area (TPSA) is 9.86 Å². The smallest absolute Gasteiger partial charge is 0.0619 e. The normalized spacial score (nSPS) is 11.6. The predicted octanol–water partition coefficient (Wildman–Crippen LogP) is 12.9. The largest absolute Gasteiger partial charge is 0.309 e. The van der Waals surface area contributed by atoms with E-state index < -0.39 is 0 Å². The first kappa shape index (κ1) is 28.4.